The highest BCUT2D eigenvalue weighted by Crippen LogP contribution is 2.33. The molecular weight excluding hydrogens is 249 g/mol. The molecule has 0 spiro atoms. The molecule has 0 saturated heterocycles. The summed E-state index contributed by atoms with van der Waals surface area (Å²) in [7, 11) is 0. The maximum absolute atomic E-state index is 12.3. The Morgan fingerprint density at radius 2 is 2.08 bits per heavy atom. The van der Waals surface area contributed by atoms with Gasteiger partial charge in [0.25, 0.3) is 0 Å². The second-order valence-corrected chi connectivity index (χ2v) is 3.08. The van der Waals surface area contributed by atoms with Crippen molar-refractivity contribution in [1.82, 2.24) is 4.98 Å². The van der Waals surface area contributed by atoms with E-state index in [1.807, 2.05) is 0 Å². The highest BCUT2D eigenvalue weighted by Gasteiger charge is 2.33. The molecule has 0 aromatic carbocycles. The zero-order valence-electron chi connectivity index (χ0n) is 6.40. The van der Waals surface area contributed by atoms with Gasteiger partial charge in [-0.25, -0.2) is 4.98 Å². The van der Waals surface area contributed by atoms with E-state index in [1.165, 1.54) is 0 Å². The fourth-order valence-corrected chi connectivity index (χ4v) is 1.42. The number of alkyl halides is 3. The Kier molecular flexibility index (Phi) is 2.92. The SMILES string of the molecule is NCc1c(C(F)(F)F)ccnc1Br. The number of hydrogen-bond donors (Lipinski definition) is 1. The molecule has 13 heavy (non-hydrogen) atoms. The van der Waals surface area contributed by atoms with Crippen molar-refractivity contribution in [3.63, 3.8) is 0 Å². The number of halogens is 4. The first-order valence-electron chi connectivity index (χ1n) is 3.37. The fourth-order valence-electron chi connectivity index (χ4n) is 0.927. The summed E-state index contributed by atoms with van der Waals surface area (Å²) in [4.78, 5) is 3.66. The normalized spacial score (nSPS) is 11.8. The van der Waals surface area contributed by atoms with Crippen LogP contribution < -0.4 is 5.73 Å². The van der Waals surface area contributed by atoms with Crippen LogP contribution in [0.2, 0.25) is 0 Å². The molecule has 0 aliphatic heterocycles. The molecule has 6 heteroatoms. The van der Waals surface area contributed by atoms with Crippen LogP contribution in [0.25, 0.3) is 0 Å². The zero-order valence-corrected chi connectivity index (χ0v) is 7.98. The average Bonchev–Trinajstić information content (AvgIpc) is 2.02. The van der Waals surface area contributed by atoms with E-state index in [4.69, 9.17) is 5.73 Å². The molecule has 72 valence electrons. The predicted octanol–water partition coefficient (Wildman–Crippen LogP) is 2.32. The molecule has 2 nitrogen and oxygen atoms in total. The van der Waals surface area contributed by atoms with Crippen molar-refractivity contribution in [1.29, 1.82) is 0 Å². The van der Waals surface area contributed by atoms with E-state index in [9.17, 15) is 13.2 Å². The molecule has 1 aromatic rings. The first kappa shape index (κ1) is 10.5. The molecule has 0 radical (unpaired) electrons. The van der Waals surface area contributed by atoms with Gasteiger partial charge in [0.1, 0.15) is 4.60 Å². The van der Waals surface area contributed by atoms with E-state index in [1.54, 1.807) is 0 Å². The Morgan fingerprint density at radius 3 is 2.46 bits per heavy atom. The molecular formula is C7H6BrF3N2. The summed E-state index contributed by atoms with van der Waals surface area (Å²) in [6, 6.07) is 0.910. The van der Waals surface area contributed by atoms with Crippen LogP contribution in [-0.4, -0.2) is 4.98 Å². The van der Waals surface area contributed by atoms with Crippen LogP contribution in [0.3, 0.4) is 0 Å². The molecule has 0 saturated carbocycles. The number of nitrogens with two attached hydrogens (primary N) is 1. The van der Waals surface area contributed by atoms with Crippen LogP contribution in [0.1, 0.15) is 11.1 Å². The van der Waals surface area contributed by atoms with Gasteiger partial charge in [-0.05, 0) is 22.0 Å². The van der Waals surface area contributed by atoms with Gasteiger partial charge >= 0.3 is 6.18 Å². The average molecular weight is 255 g/mol. The molecule has 2 N–H and O–H groups in total. The van der Waals surface area contributed by atoms with Crippen molar-refractivity contribution in [2.45, 2.75) is 12.7 Å². The van der Waals surface area contributed by atoms with Crippen LogP contribution >= 0.6 is 15.9 Å². The minimum Gasteiger partial charge on any atom is -0.326 e. The third kappa shape index (κ3) is 2.19. The molecule has 0 amide bonds. The fraction of sp³-hybridized carbons (Fsp3) is 0.286. The number of nitrogens with zero attached hydrogens (tertiary/aromatic N) is 1. The van der Waals surface area contributed by atoms with Crippen molar-refractivity contribution in [2.24, 2.45) is 5.73 Å². The quantitative estimate of drug-likeness (QED) is 0.782. The maximum atomic E-state index is 12.3. The summed E-state index contributed by atoms with van der Waals surface area (Å²) in [5, 5.41) is 0. The van der Waals surface area contributed by atoms with Crippen LogP contribution in [0.5, 0.6) is 0 Å². The van der Waals surface area contributed by atoms with Crippen LogP contribution in [0.4, 0.5) is 13.2 Å². The van der Waals surface area contributed by atoms with E-state index >= 15 is 0 Å². The van der Waals surface area contributed by atoms with Crippen LogP contribution in [0.15, 0.2) is 16.9 Å². The predicted molar refractivity (Wildman–Crippen MR) is 44.8 cm³/mol. The third-order valence-electron chi connectivity index (χ3n) is 1.51. The van der Waals surface area contributed by atoms with Crippen molar-refractivity contribution in [3.05, 3.63) is 28.0 Å². The van der Waals surface area contributed by atoms with Gasteiger partial charge in [0.05, 0.1) is 5.56 Å². The Hall–Kier alpha value is -0.620. The van der Waals surface area contributed by atoms with E-state index in [-0.39, 0.29) is 16.7 Å². The number of aromatic nitrogens is 1. The summed E-state index contributed by atoms with van der Waals surface area (Å²) < 4.78 is 37.1. The third-order valence-corrected chi connectivity index (χ3v) is 2.20. The molecule has 0 aliphatic rings. The summed E-state index contributed by atoms with van der Waals surface area (Å²) in [5.74, 6) is 0. The zero-order chi connectivity index (χ0) is 10.1. The number of pyridine rings is 1. The van der Waals surface area contributed by atoms with Gasteiger partial charge in [-0.2, -0.15) is 13.2 Å². The maximum Gasteiger partial charge on any atom is 0.416 e. The molecule has 1 aromatic heterocycles. The lowest BCUT2D eigenvalue weighted by molar-refractivity contribution is -0.138. The van der Waals surface area contributed by atoms with Crippen molar-refractivity contribution in [2.75, 3.05) is 0 Å². The van der Waals surface area contributed by atoms with Crippen LogP contribution in [-0.2, 0) is 12.7 Å². The summed E-state index contributed by atoms with van der Waals surface area (Å²) in [6.07, 6.45) is -3.29. The van der Waals surface area contributed by atoms with E-state index < -0.39 is 11.7 Å². The second-order valence-electron chi connectivity index (χ2n) is 2.33. The van der Waals surface area contributed by atoms with Crippen molar-refractivity contribution < 1.29 is 13.2 Å². The van der Waals surface area contributed by atoms with E-state index in [0.717, 1.165) is 12.3 Å². The summed E-state index contributed by atoms with van der Waals surface area (Å²) in [6.45, 7) is -0.191. The minimum atomic E-state index is -4.37. The standard InChI is InChI=1S/C7H6BrF3N2/c8-6-4(3-12)5(1-2-13-6)7(9,10)11/h1-2H,3,12H2. The Bertz CT molecular complexity index is 311. The molecule has 0 fully saturated rings. The van der Waals surface area contributed by atoms with Crippen molar-refractivity contribution >= 4 is 15.9 Å². The second kappa shape index (κ2) is 3.63. The monoisotopic (exact) mass is 254 g/mol. The lowest BCUT2D eigenvalue weighted by atomic mass is 10.1. The minimum absolute atomic E-state index is 0.0185. The Morgan fingerprint density at radius 1 is 1.46 bits per heavy atom. The first-order valence-corrected chi connectivity index (χ1v) is 4.16. The summed E-state index contributed by atoms with van der Waals surface area (Å²) in [5.41, 5.74) is 4.42. The lowest BCUT2D eigenvalue weighted by Gasteiger charge is -2.11. The smallest absolute Gasteiger partial charge is 0.326 e. The molecule has 0 unspecified atom stereocenters. The van der Waals surface area contributed by atoms with Gasteiger partial charge in [-0.3, -0.25) is 0 Å². The molecule has 0 atom stereocenters. The molecule has 1 rings (SSSR count). The van der Waals surface area contributed by atoms with Crippen LogP contribution in [0, 0.1) is 0 Å². The van der Waals surface area contributed by atoms with Gasteiger partial charge < -0.3 is 5.73 Å². The van der Waals surface area contributed by atoms with Gasteiger partial charge in [0.15, 0.2) is 0 Å². The topological polar surface area (TPSA) is 38.9 Å². The number of rotatable bonds is 1. The largest absolute Gasteiger partial charge is 0.416 e. The Balaban J connectivity index is 3.29. The summed E-state index contributed by atoms with van der Waals surface area (Å²) >= 11 is 2.91. The van der Waals surface area contributed by atoms with Gasteiger partial charge in [0, 0.05) is 18.3 Å². The van der Waals surface area contributed by atoms with Gasteiger partial charge in [-0.1, -0.05) is 0 Å². The molecule has 0 bridgehead atoms. The van der Waals surface area contributed by atoms with Gasteiger partial charge in [-0.15, -0.1) is 0 Å². The van der Waals surface area contributed by atoms with E-state index in [2.05, 4.69) is 20.9 Å². The number of hydrogen-bond acceptors (Lipinski definition) is 2. The highest BCUT2D eigenvalue weighted by atomic mass is 79.9. The lowest BCUT2D eigenvalue weighted by Crippen LogP contribution is -2.13. The van der Waals surface area contributed by atoms with Crippen molar-refractivity contribution in [3.8, 4) is 0 Å². The highest BCUT2D eigenvalue weighted by molar-refractivity contribution is 9.10. The molecule has 0 aliphatic carbocycles. The molecule has 1 heterocycles. The Labute approximate surface area is 81.1 Å². The van der Waals surface area contributed by atoms with Gasteiger partial charge in [0.2, 0.25) is 0 Å². The first-order chi connectivity index (χ1) is 5.96. The van der Waals surface area contributed by atoms with E-state index in [0.29, 0.717) is 0 Å².